The maximum absolute atomic E-state index is 12.4. The van der Waals surface area contributed by atoms with Crippen LogP contribution in [-0.2, 0) is 4.79 Å². The lowest BCUT2D eigenvalue weighted by molar-refractivity contribution is -0.115. The molecule has 2 aromatic carbocycles. The molecule has 27 heavy (non-hydrogen) atoms. The van der Waals surface area contributed by atoms with Crippen LogP contribution >= 0.6 is 23.2 Å². The van der Waals surface area contributed by atoms with Crippen LogP contribution in [0, 0.1) is 6.92 Å². The van der Waals surface area contributed by atoms with Gasteiger partial charge in [-0.2, -0.15) is 5.10 Å². The number of carbonyl (C=O) groups is 1. The summed E-state index contributed by atoms with van der Waals surface area (Å²) < 4.78 is 1.72. The zero-order valence-corrected chi connectivity index (χ0v) is 16.6. The number of rotatable bonds is 6. The maximum Gasteiger partial charge on any atom is 0.239 e. The van der Waals surface area contributed by atoms with Crippen molar-refractivity contribution < 1.29 is 4.79 Å². The van der Waals surface area contributed by atoms with Gasteiger partial charge >= 0.3 is 0 Å². The summed E-state index contributed by atoms with van der Waals surface area (Å²) in [5, 5.41) is 11.7. The molecule has 2 N–H and O–H groups in total. The van der Waals surface area contributed by atoms with Crippen molar-refractivity contribution >= 4 is 34.9 Å². The van der Waals surface area contributed by atoms with Crippen LogP contribution in [0.25, 0.3) is 5.69 Å². The van der Waals surface area contributed by atoms with E-state index in [0.29, 0.717) is 15.9 Å². The topological polar surface area (TPSA) is 59.0 Å². The smallest absolute Gasteiger partial charge is 0.239 e. The first-order chi connectivity index (χ1) is 12.9. The van der Waals surface area contributed by atoms with Crippen molar-refractivity contribution in [3.05, 3.63) is 75.9 Å². The number of anilines is 1. The third-order valence-electron chi connectivity index (χ3n) is 4.10. The molecule has 0 aliphatic carbocycles. The van der Waals surface area contributed by atoms with Crippen molar-refractivity contribution in [1.29, 1.82) is 0 Å². The van der Waals surface area contributed by atoms with Gasteiger partial charge in [-0.15, -0.1) is 0 Å². The number of benzene rings is 2. The van der Waals surface area contributed by atoms with E-state index >= 15 is 0 Å². The molecule has 1 atom stereocenters. The Morgan fingerprint density at radius 2 is 1.89 bits per heavy atom. The van der Waals surface area contributed by atoms with Gasteiger partial charge in [0.05, 0.1) is 17.9 Å². The summed E-state index contributed by atoms with van der Waals surface area (Å²) in [6.07, 6.45) is 0. The third kappa shape index (κ3) is 4.89. The lowest BCUT2D eigenvalue weighted by Crippen LogP contribution is -2.30. The zero-order chi connectivity index (χ0) is 19.4. The minimum absolute atomic E-state index is 0.0960. The second-order valence-corrected chi connectivity index (χ2v) is 7.08. The average molecular weight is 403 g/mol. The van der Waals surface area contributed by atoms with E-state index in [1.807, 2.05) is 56.3 Å². The first-order valence-electron chi connectivity index (χ1n) is 8.54. The molecule has 0 saturated carbocycles. The molecule has 0 unspecified atom stereocenters. The predicted molar refractivity (Wildman–Crippen MR) is 110 cm³/mol. The third-order valence-corrected chi connectivity index (χ3v) is 4.66. The van der Waals surface area contributed by atoms with E-state index in [1.54, 1.807) is 16.8 Å². The fraction of sp³-hybridized carbons (Fsp3) is 0.200. The Morgan fingerprint density at radius 1 is 1.15 bits per heavy atom. The molecule has 1 aromatic heterocycles. The molecular formula is C20H20Cl2N4O. The molecule has 0 aliphatic rings. The van der Waals surface area contributed by atoms with E-state index in [0.717, 1.165) is 16.9 Å². The lowest BCUT2D eigenvalue weighted by atomic mass is 10.1. The van der Waals surface area contributed by atoms with Crippen molar-refractivity contribution in [2.24, 2.45) is 0 Å². The number of hydrogen-bond donors (Lipinski definition) is 2. The van der Waals surface area contributed by atoms with Gasteiger partial charge in [-0.3, -0.25) is 4.79 Å². The summed E-state index contributed by atoms with van der Waals surface area (Å²) in [6, 6.07) is 16.7. The molecular weight excluding hydrogens is 383 g/mol. The molecule has 0 aliphatic heterocycles. The standard InChI is InChI=1S/C20H20Cl2N4O/c1-13-10-19(26(25-13)16-6-4-3-5-7-16)24-20(27)12-23-14(2)17-9-8-15(21)11-18(17)22/h3-11,14,23H,12H2,1-2H3,(H,24,27)/t14-/m0/s1. The van der Waals surface area contributed by atoms with E-state index in [-0.39, 0.29) is 18.5 Å². The van der Waals surface area contributed by atoms with Crippen LogP contribution in [0.1, 0.15) is 24.2 Å². The van der Waals surface area contributed by atoms with Crippen LogP contribution in [0.5, 0.6) is 0 Å². The molecule has 0 spiro atoms. The number of para-hydroxylation sites is 1. The number of aryl methyl sites for hydroxylation is 1. The SMILES string of the molecule is Cc1cc(NC(=O)CN[C@@H](C)c2ccc(Cl)cc2Cl)n(-c2ccccc2)n1. The average Bonchev–Trinajstić information content (AvgIpc) is 3.00. The van der Waals surface area contributed by atoms with Gasteiger partial charge in [-0.1, -0.05) is 47.5 Å². The highest BCUT2D eigenvalue weighted by atomic mass is 35.5. The van der Waals surface area contributed by atoms with E-state index in [1.165, 1.54) is 0 Å². The molecule has 0 bridgehead atoms. The van der Waals surface area contributed by atoms with Crippen molar-refractivity contribution in [3.63, 3.8) is 0 Å². The number of hydrogen-bond acceptors (Lipinski definition) is 3. The van der Waals surface area contributed by atoms with Gasteiger partial charge < -0.3 is 10.6 Å². The molecule has 140 valence electrons. The predicted octanol–water partition coefficient (Wildman–Crippen LogP) is 4.78. The fourth-order valence-corrected chi connectivity index (χ4v) is 3.32. The molecule has 0 saturated heterocycles. The van der Waals surface area contributed by atoms with Crippen LogP contribution < -0.4 is 10.6 Å². The summed E-state index contributed by atoms with van der Waals surface area (Å²) in [5.74, 6) is 0.465. The molecule has 5 nitrogen and oxygen atoms in total. The number of nitrogens with one attached hydrogen (secondary N) is 2. The first-order valence-corrected chi connectivity index (χ1v) is 9.30. The van der Waals surface area contributed by atoms with Crippen molar-refractivity contribution in [3.8, 4) is 5.69 Å². The first kappa shape index (κ1) is 19.4. The quantitative estimate of drug-likeness (QED) is 0.623. The Balaban J connectivity index is 1.65. The summed E-state index contributed by atoms with van der Waals surface area (Å²) in [6.45, 7) is 3.97. The van der Waals surface area contributed by atoms with Crippen LogP contribution in [0.2, 0.25) is 10.0 Å². The summed E-state index contributed by atoms with van der Waals surface area (Å²) in [5.41, 5.74) is 2.60. The summed E-state index contributed by atoms with van der Waals surface area (Å²) in [7, 11) is 0. The van der Waals surface area contributed by atoms with Gasteiger partial charge in [0.2, 0.25) is 5.91 Å². The molecule has 1 amide bonds. The molecule has 3 aromatic rings. The second kappa shape index (κ2) is 8.57. The van der Waals surface area contributed by atoms with Gasteiger partial charge in [0.15, 0.2) is 0 Å². The van der Waals surface area contributed by atoms with E-state index in [9.17, 15) is 4.79 Å². The summed E-state index contributed by atoms with van der Waals surface area (Å²) in [4.78, 5) is 12.4. The van der Waals surface area contributed by atoms with Gasteiger partial charge in [0.25, 0.3) is 0 Å². The molecule has 3 rings (SSSR count). The Hall–Kier alpha value is -2.34. The fourth-order valence-electron chi connectivity index (χ4n) is 2.75. The highest BCUT2D eigenvalue weighted by molar-refractivity contribution is 6.35. The minimum Gasteiger partial charge on any atom is -0.309 e. The highest BCUT2D eigenvalue weighted by Crippen LogP contribution is 2.26. The van der Waals surface area contributed by atoms with Crippen molar-refractivity contribution in [2.45, 2.75) is 19.9 Å². The largest absolute Gasteiger partial charge is 0.309 e. The number of nitrogens with zero attached hydrogens (tertiary/aromatic N) is 2. The number of aromatic nitrogens is 2. The Labute approximate surface area is 168 Å². The highest BCUT2D eigenvalue weighted by Gasteiger charge is 2.14. The van der Waals surface area contributed by atoms with Crippen LogP contribution in [0.3, 0.4) is 0 Å². The normalized spacial score (nSPS) is 12.0. The van der Waals surface area contributed by atoms with E-state index in [2.05, 4.69) is 15.7 Å². The van der Waals surface area contributed by atoms with E-state index in [4.69, 9.17) is 23.2 Å². The number of halogens is 2. The van der Waals surface area contributed by atoms with Gasteiger partial charge in [-0.05, 0) is 43.7 Å². The Kier molecular flexibility index (Phi) is 6.16. The van der Waals surface area contributed by atoms with Crippen LogP contribution in [0.15, 0.2) is 54.6 Å². The van der Waals surface area contributed by atoms with Gasteiger partial charge in [0, 0.05) is 22.2 Å². The lowest BCUT2D eigenvalue weighted by Gasteiger charge is -2.16. The van der Waals surface area contributed by atoms with Crippen molar-refractivity contribution in [1.82, 2.24) is 15.1 Å². The van der Waals surface area contributed by atoms with Gasteiger partial charge in [0.1, 0.15) is 5.82 Å². The monoisotopic (exact) mass is 402 g/mol. The molecule has 0 radical (unpaired) electrons. The molecule has 1 heterocycles. The van der Waals surface area contributed by atoms with Crippen molar-refractivity contribution in [2.75, 3.05) is 11.9 Å². The minimum atomic E-state index is -0.163. The number of carbonyl (C=O) groups excluding carboxylic acids is 1. The Bertz CT molecular complexity index is 940. The Morgan fingerprint density at radius 3 is 2.59 bits per heavy atom. The summed E-state index contributed by atoms with van der Waals surface area (Å²) >= 11 is 12.2. The number of amides is 1. The van der Waals surface area contributed by atoms with Gasteiger partial charge in [-0.25, -0.2) is 4.68 Å². The molecule has 7 heteroatoms. The van der Waals surface area contributed by atoms with Crippen LogP contribution in [-0.4, -0.2) is 22.2 Å². The van der Waals surface area contributed by atoms with E-state index < -0.39 is 0 Å². The zero-order valence-electron chi connectivity index (χ0n) is 15.0. The second-order valence-electron chi connectivity index (χ2n) is 6.23. The maximum atomic E-state index is 12.4. The van der Waals surface area contributed by atoms with Crippen LogP contribution in [0.4, 0.5) is 5.82 Å². The molecule has 0 fully saturated rings.